The van der Waals surface area contributed by atoms with Crippen molar-refractivity contribution >= 4 is 23.5 Å². The van der Waals surface area contributed by atoms with Gasteiger partial charge in [-0.3, -0.25) is 9.36 Å². The number of carbonyl (C=O) groups is 2. The van der Waals surface area contributed by atoms with Crippen molar-refractivity contribution in [2.75, 3.05) is 0 Å². The van der Waals surface area contributed by atoms with Crippen molar-refractivity contribution in [2.45, 2.75) is 0 Å². The standard InChI is InChI=1S/C12H8ClNO3/c13-10-3-1-2-8(6-10)11(15)14-5-4-9(7-14)12(16)17/h1-7H,(H,16,17). The fourth-order valence-corrected chi connectivity index (χ4v) is 1.61. The third kappa shape index (κ3) is 2.37. The summed E-state index contributed by atoms with van der Waals surface area (Å²) in [5.41, 5.74) is 0.477. The maximum absolute atomic E-state index is 11.9. The Hall–Kier alpha value is -2.07. The Morgan fingerprint density at radius 2 is 1.94 bits per heavy atom. The number of benzene rings is 1. The highest BCUT2D eigenvalue weighted by Crippen LogP contribution is 2.12. The number of nitrogens with zero attached hydrogens (tertiary/aromatic N) is 1. The number of carboxylic acid groups (broad SMARTS) is 1. The molecule has 0 saturated heterocycles. The van der Waals surface area contributed by atoms with Crippen molar-refractivity contribution in [1.82, 2.24) is 4.57 Å². The summed E-state index contributed by atoms with van der Waals surface area (Å²) in [6.45, 7) is 0. The van der Waals surface area contributed by atoms with E-state index in [4.69, 9.17) is 16.7 Å². The molecule has 0 aliphatic heterocycles. The van der Waals surface area contributed by atoms with Crippen LogP contribution in [0.3, 0.4) is 0 Å². The smallest absolute Gasteiger partial charge is 0.337 e. The Labute approximate surface area is 102 Å². The van der Waals surface area contributed by atoms with Crippen molar-refractivity contribution in [3.05, 3.63) is 58.9 Å². The Bertz CT molecular complexity index is 589. The van der Waals surface area contributed by atoms with Gasteiger partial charge in [-0.05, 0) is 24.3 Å². The molecule has 0 fully saturated rings. The van der Waals surface area contributed by atoms with E-state index in [1.54, 1.807) is 18.2 Å². The van der Waals surface area contributed by atoms with Gasteiger partial charge in [-0.25, -0.2) is 4.79 Å². The summed E-state index contributed by atoms with van der Waals surface area (Å²) >= 11 is 5.78. The van der Waals surface area contributed by atoms with Crippen molar-refractivity contribution in [3.63, 3.8) is 0 Å². The fraction of sp³-hybridized carbons (Fsp3) is 0. The second-order valence-corrected chi connectivity index (χ2v) is 3.86. The highest BCUT2D eigenvalue weighted by molar-refractivity contribution is 6.31. The van der Waals surface area contributed by atoms with Gasteiger partial charge in [-0.15, -0.1) is 0 Å². The number of hydrogen-bond acceptors (Lipinski definition) is 2. The summed E-state index contributed by atoms with van der Waals surface area (Å²) in [4.78, 5) is 22.6. The minimum absolute atomic E-state index is 0.0698. The maximum Gasteiger partial charge on any atom is 0.337 e. The quantitative estimate of drug-likeness (QED) is 0.890. The SMILES string of the molecule is O=C(O)c1ccn(C(=O)c2cccc(Cl)c2)c1. The van der Waals surface area contributed by atoms with E-state index in [0.29, 0.717) is 10.6 Å². The number of aromatic carboxylic acids is 1. The van der Waals surface area contributed by atoms with Crippen molar-refractivity contribution in [1.29, 1.82) is 0 Å². The van der Waals surface area contributed by atoms with Crippen LogP contribution in [-0.4, -0.2) is 21.6 Å². The van der Waals surface area contributed by atoms with E-state index in [-0.39, 0.29) is 11.5 Å². The van der Waals surface area contributed by atoms with Gasteiger partial charge in [0.15, 0.2) is 0 Å². The minimum Gasteiger partial charge on any atom is -0.478 e. The molecule has 1 aromatic heterocycles. The van der Waals surface area contributed by atoms with Crippen LogP contribution in [-0.2, 0) is 0 Å². The number of rotatable bonds is 2. The van der Waals surface area contributed by atoms with E-state index in [9.17, 15) is 9.59 Å². The van der Waals surface area contributed by atoms with Crippen LogP contribution in [0.2, 0.25) is 5.02 Å². The second-order valence-electron chi connectivity index (χ2n) is 3.43. The van der Waals surface area contributed by atoms with E-state index in [1.807, 2.05) is 0 Å². The van der Waals surface area contributed by atoms with Crippen molar-refractivity contribution in [3.8, 4) is 0 Å². The maximum atomic E-state index is 11.9. The highest BCUT2D eigenvalue weighted by Gasteiger charge is 2.11. The van der Waals surface area contributed by atoms with Gasteiger partial charge in [0.1, 0.15) is 0 Å². The number of aromatic nitrogens is 1. The summed E-state index contributed by atoms with van der Waals surface area (Å²) in [7, 11) is 0. The van der Waals surface area contributed by atoms with Gasteiger partial charge in [-0.2, -0.15) is 0 Å². The zero-order chi connectivity index (χ0) is 12.4. The lowest BCUT2D eigenvalue weighted by molar-refractivity contribution is 0.0697. The van der Waals surface area contributed by atoms with E-state index < -0.39 is 5.97 Å². The van der Waals surface area contributed by atoms with E-state index in [2.05, 4.69) is 0 Å². The van der Waals surface area contributed by atoms with E-state index in [1.165, 1.54) is 29.1 Å². The van der Waals surface area contributed by atoms with Crippen LogP contribution >= 0.6 is 11.6 Å². The first-order chi connectivity index (χ1) is 8.08. The number of halogens is 1. The molecule has 0 amide bonds. The first kappa shape index (κ1) is 11.4. The zero-order valence-electron chi connectivity index (χ0n) is 8.63. The lowest BCUT2D eigenvalue weighted by Crippen LogP contribution is -2.09. The molecule has 0 radical (unpaired) electrons. The molecular weight excluding hydrogens is 242 g/mol. The van der Waals surface area contributed by atoms with E-state index >= 15 is 0 Å². The monoisotopic (exact) mass is 249 g/mol. The lowest BCUT2D eigenvalue weighted by Gasteiger charge is -2.01. The highest BCUT2D eigenvalue weighted by atomic mass is 35.5. The lowest BCUT2D eigenvalue weighted by atomic mass is 10.2. The van der Waals surface area contributed by atoms with Crippen LogP contribution in [0.5, 0.6) is 0 Å². The van der Waals surface area contributed by atoms with E-state index in [0.717, 1.165) is 0 Å². The summed E-state index contributed by atoms with van der Waals surface area (Å²) in [6.07, 6.45) is 2.68. The van der Waals surface area contributed by atoms with Crippen molar-refractivity contribution in [2.24, 2.45) is 0 Å². The molecule has 0 spiro atoms. The first-order valence-electron chi connectivity index (χ1n) is 4.79. The molecule has 17 heavy (non-hydrogen) atoms. The van der Waals surface area contributed by atoms with Gasteiger partial charge < -0.3 is 5.11 Å². The van der Waals surface area contributed by atoms with Crippen LogP contribution in [0, 0.1) is 0 Å². The third-order valence-corrected chi connectivity index (χ3v) is 2.48. The van der Waals surface area contributed by atoms with Gasteiger partial charge >= 0.3 is 5.97 Å². The Kier molecular flexibility index (Phi) is 2.97. The molecule has 4 nitrogen and oxygen atoms in total. The molecule has 2 rings (SSSR count). The fourth-order valence-electron chi connectivity index (χ4n) is 1.42. The first-order valence-corrected chi connectivity index (χ1v) is 5.17. The Balaban J connectivity index is 2.34. The molecule has 1 heterocycles. The molecule has 86 valence electrons. The summed E-state index contributed by atoms with van der Waals surface area (Å²) < 4.78 is 1.22. The van der Waals surface area contributed by atoms with Crippen molar-refractivity contribution < 1.29 is 14.7 Å². The number of hydrogen-bond donors (Lipinski definition) is 1. The van der Waals surface area contributed by atoms with Crippen LogP contribution in [0.1, 0.15) is 20.7 Å². The molecule has 5 heteroatoms. The van der Waals surface area contributed by atoms with Crippen LogP contribution in [0.25, 0.3) is 0 Å². The van der Waals surface area contributed by atoms with Crippen LogP contribution in [0.15, 0.2) is 42.7 Å². The predicted octanol–water partition coefficient (Wildman–Crippen LogP) is 2.53. The molecule has 0 bridgehead atoms. The molecule has 0 aliphatic carbocycles. The van der Waals surface area contributed by atoms with Crippen LogP contribution in [0.4, 0.5) is 0 Å². The summed E-state index contributed by atoms with van der Waals surface area (Å²) in [5, 5.41) is 9.21. The predicted molar refractivity (Wildman–Crippen MR) is 62.6 cm³/mol. The minimum atomic E-state index is -1.07. The van der Waals surface area contributed by atoms with Gasteiger partial charge in [-0.1, -0.05) is 17.7 Å². The number of carbonyl (C=O) groups excluding carboxylic acids is 1. The summed E-state index contributed by atoms with van der Waals surface area (Å²) in [5.74, 6) is -1.39. The summed E-state index contributed by atoms with van der Waals surface area (Å²) in [6, 6.07) is 7.84. The van der Waals surface area contributed by atoms with Gasteiger partial charge in [0, 0.05) is 23.0 Å². The second kappa shape index (κ2) is 4.43. The molecular formula is C12H8ClNO3. The Morgan fingerprint density at radius 3 is 2.53 bits per heavy atom. The molecule has 2 aromatic rings. The normalized spacial score (nSPS) is 10.2. The molecule has 1 aromatic carbocycles. The van der Waals surface area contributed by atoms with Gasteiger partial charge in [0.2, 0.25) is 0 Å². The van der Waals surface area contributed by atoms with Gasteiger partial charge in [0.05, 0.1) is 5.56 Å². The zero-order valence-corrected chi connectivity index (χ0v) is 9.39. The Morgan fingerprint density at radius 1 is 1.18 bits per heavy atom. The molecule has 1 N–H and O–H groups in total. The molecule has 0 atom stereocenters. The molecule has 0 aliphatic rings. The average Bonchev–Trinajstić information content (AvgIpc) is 2.77. The average molecular weight is 250 g/mol. The topological polar surface area (TPSA) is 59.3 Å². The number of carboxylic acids is 1. The molecule has 0 saturated carbocycles. The van der Waals surface area contributed by atoms with Crippen LogP contribution < -0.4 is 0 Å². The van der Waals surface area contributed by atoms with Gasteiger partial charge in [0.25, 0.3) is 5.91 Å². The molecule has 0 unspecified atom stereocenters. The third-order valence-electron chi connectivity index (χ3n) is 2.25. The largest absolute Gasteiger partial charge is 0.478 e.